The maximum absolute atomic E-state index is 6.44. The van der Waals surface area contributed by atoms with Gasteiger partial charge in [0, 0.05) is 27.1 Å². The van der Waals surface area contributed by atoms with E-state index in [9.17, 15) is 0 Å². The summed E-state index contributed by atoms with van der Waals surface area (Å²) in [4.78, 5) is 9.12. The lowest BCUT2D eigenvalue weighted by molar-refractivity contribution is 1.39. The highest BCUT2D eigenvalue weighted by molar-refractivity contribution is 7.32. The van der Waals surface area contributed by atoms with E-state index in [1.54, 1.807) is 28.9 Å². The summed E-state index contributed by atoms with van der Waals surface area (Å²) in [7, 11) is 0. The van der Waals surface area contributed by atoms with Gasteiger partial charge in [0.25, 0.3) is 0 Å². The predicted octanol–water partition coefficient (Wildman–Crippen LogP) is 5.87. The van der Waals surface area contributed by atoms with Crippen molar-refractivity contribution >= 4 is 75.6 Å². The largest absolute Gasteiger partial charge is 0.254 e. The van der Waals surface area contributed by atoms with E-state index in [1.165, 1.54) is 14.8 Å². The first-order chi connectivity index (χ1) is 10.3. The zero-order valence-electron chi connectivity index (χ0n) is 10.6. The van der Waals surface area contributed by atoms with Crippen molar-refractivity contribution in [1.82, 2.24) is 9.97 Å². The minimum Gasteiger partial charge on any atom is -0.254 e. The molecule has 5 rings (SSSR count). The number of fused-ring (bicyclic) bond motifs is 7. The molecule has 0 fully saturated rings. The SMILES string of the molecule is Clc1nc2c(ccc3cccnc32)c2c1sc1ccsc12. The Bertz CT molecular complexity index is 1160. The van der Waals surface area contributed by atoms with Gasteiger partial charge in [0.2, 0.25) is 0 Å². The molecule has 0 N–H and O–H groups in total. The Morgan fingerprint density at radius 2 is 1.95 bits per heavy atom. The van der Waals surface area contributed by atoms with Crippen molar-refractivity contribution in [2.24, 2.45) is 0 Å². The number of halogens is 1. The van der Waals surface area contributed by atoms with Crippen LogP contribution in [0.25, 0.3) is 41.3 Å². The van der Waals surface area contributed by atoms with Crippen molar-refractivity contribution in [3.05, 3.63) is 47.1 Å². The van der Waals surface area contributed by atoms with Gasteiger partial charge in [0.1, 0.15) is 5.15 Å². The lowest BCUT2D eigenvalue weighted by Crippen LogP contribution is -1.86. The van der Waals surface area contributed by atoms with Crippen LogP contribution in [-0.4, -0.2) is 9.97 Å². The monoisotopic (exact) mass is 326 g/mol. The van der Waals surface area contributed by atoms with Gasteiger partial charge in [-0.1, -0.05) is 29.8 Å². The molecule has 0 aliphatic heterocycles. The number of hydrogen-bond donors (Lipinski definition) is 0. The van der Waals surface area contributed by atoms with Crippen LogP contribution in [0.15, 0.2) is 41.9 Å². The van der Waals surface area contributed by atoms with E-state index in [4.69, 9.17) is 11.6 Å². The number of hydrogen-bond acceptors (Lipinski definition) is 4. The maximum atomic E-state index is 6.44. The van der Waals surface area contributed by atoms with Crippen molar-refractivity contribution in [3.8, 4) is 0 Å². The molecular weight excluding hydrogens is 320 g/mol. The highest BCUT2D eigenvalue weighted by Crippen LogP contribution is 2.44. The van der Waals surface area contributed by atoms with Crippen LogP contribution in [0.1, 0.15) is 0 Å². The van der Waals surface area contributed by atoms with E-state index < -0.39 is 0 Å². The van der Waals surface area contributed by atoms with E-state index >= 15 is 0 Å². The molecule has 21 heavy (non-hydrogen) atoms. The van der Waals surface area contributed by atoms with Gasteiger partial charge in [-0.15, -0.1) is 22.7 Å². The summed E-state index contributed by atoms with van der Waals surface area (Å²) in [6.45, 7) is 0. The Hall–Kier alpha value is -1.75. The van der Waals surface area contributed by atoms with Crippen LogP contribution >= 0.6 is 34.3 Å². The Kier molecular flexibility index (Phi) is 2.33. The van der Waals surface area contributed by atoms with Crippen molar-refractivity contribution < 1.29 is 0 Å². The first kappa shape index (κ1) is 11.9. The molecule has 1 aromatic carbocycles. The molecule has 4 aromatic heterocycles. The second-order valence-corrected chi connectivity index (χ2v) is 7.19. The second kappa shape index (κ2) is 4.13. The van der Waals surface area contributed by atoms with Crippen molar-refractivity contribution in [3.63, 3.8) is 0 Å². The fourth-order valence-electron chi connectivity index (χ4n) is 2.81. The van der Waals surface area contributed by atoms with E-state index in [2.05, 4.69) is 39.6 Å². The van der Waals surface area contributed by atoms with Gasteiger partial charge in [-0.25, -0.2) is 4.98 Å². The molecule has 0 saturated heterocycles. The third kappa shape index (κ3) is 1.52. The van der Waals surface area contributed by atoms with E-state index in [0.717, 1.165) is 26.5 Å². The number of aromatic nitrogens is 2. The summed E-state index contributed by atoms with van der Waals surface area (Å²) in [6, 6.07) is 10.4. The highest BCUT2D eigenvalue weighted by atomic mass is 35.5. The summed E-state index contributed by atoms with van der Waals surface area (Å²) < 4.78 is 3.63. The first-order valence-electron chi connectivity index (χ1n) is 6.45. The Labute approximate surface area is 132 Å². The maximum Gasteiger partial charge on any atom is 0.147 e. The number of pyridine rings is 2. The molecule has 0 atom stereocenters. The van der Waals surface area contributed by atoms with Crippen molar-refractivity contribution in [2.45, 2.75) is 0 Å². The lowest BCUT2D eigenvalue weighted by atomic mass is 10.1. The van der Waals surface area contributed by atoms with Crippen LogP contribution in [-0.2, 0) is 0 Å². The Morgan fingerprint density at radius 1 is 1.00 bits per heavy atom. The van der Waals surface area contributed by atoms with E-state index in [1.807, 2.05) is 6.07 Å². The first-order valence-corrected chi connectivity index (χ1v) is 8.53. The molecule has 0 aliphatic rings. The van der Waals surface area contributed by atoms with E-state index in [-0.39, 0.29) is 0 Å². The van der Waals surface area contributed by atoms with Gasteiger partial charge in [-0.05, 0) is 17.5 Å². The van der Waals surface area contributed by atoms with Gasteiger partial charge >= 0.3 is 0 Å². The van der Waals surface area contributed by atoms with Crippen LogP contribution in [0, 0.1) is 0 Å². The van der Waals surface area contributed by atoms with Gasteiger partial charge in [0.05, 0.1) is 20.4 Å². The molecule has 0 spiro atoms. The van der Waals surface area contributed by atoms with Gasteiger partial charge in [-0.3, -0.25) is 4.98 Å². The zero-order chi connectivity index (χ0) is 14.0. The molecule has 0 amide bonds. The van der Waals surface area contributed by atoms with Crippen LogP contribution in [0.5, 0.6) is 0 Å². The van der Waals surface area contributed by atoms with Crippen LogP contribution in [0.3, 0.4) is 0 Å². The number of benzene rings is 1. The summed E-state index contributed by atoms with van der Waals surface area (Å²) in [6.07, 6.45) is 1.80. The smallest absolute Gasteiger partial charge is 0.147 e. The molecule has 0 bridgehead atoms. The number of rotatable bonds is 0. The Balaban J connectivity index is 2.16. The van der Waals surface area contributed by atoms with E-state index in [0.29, 0.717) is 5.15 Å². The minimum atomic E-state index is 0.573. The molecule has 4 heterocycles. The summed E-state index contributed by atoms with van der Waals surface area (Å²) in [5.41, 5.74) is 1.80. The molecule has 5 aromatic rings. The van der Waals surface area contributed by atoms with Gasteiger partial charge < -0.3 is 0 Å². The quantitative estimate of drug-likeness (QED) is 0.263. The Morgan fingerprint density at radius 3 is 2.90 bits per heavy atom. The topological polar surface area (TPSA) is 25.8 Å². The average Bonchev–Trinajstić information content (AvgIpc) is 3.08. The van der Waals surface area contributed by atoms with Crippen LogP contribution in [0.2, 0.25) is 5.15 Å². The third-order valence-corrected chi connectivity index (χ3v) is 6.32. The molecule has 0 saturated carbocycles. The summed E-state index contributed by atoms with van der Waals surface area (Å²) in [5, 5.41) is 6.14. The molecule has 2 nitrogen and oxygen atoms in total. The fourth-order valence-corrected chi connectivity index (χ4v) is 5.37. The third-order valence-electron chi connectivity index (χ3n) is 3.71. The molecule has 0 aliphatic carbocycles. The lowest BCUT2D eigenvalue weighted by Gasteiger charge is -2.04. The molecule has 100 valence electrons. The standard InChI is InChI=1S/C16H7ClN2S2/c17-16-15-11(14-10(21-15)5-7-20-14)9-4-3-8-2-1-6-18-12(8)13(9)19-16/h1-7H. The molecular formula is C16H7ClN2S2. The normalized spacial score (nSPS) is 12.0. The summed E-state index contributed by atoms with van der Waals surface area (Å²) in [5.74, 6) is 0. The second-order valence-electron chi connectivity index (χ2n) is 4.86. The fraction of sp³-hybridized carbons (Fsp3) is 0. The summed E-state index contributed by atoms with van der Waals surface area (Å²) >= 11 is 9.91. The van der Waals surface area contributed by atoms with Crippen molar-refractivity contribution in [1.29, 1.82) is 0 Å². The predicted molar refractivity (Wildman–Crippen MR) is 92.8 cm³/mol. The molecule has 0 unspecified atom stereocenters. The number of nitrogens with zero attached hydrogens (tertiary/aromatic N) is 2. The molecule has 0 radical (unpaired) electrons. The van der Waals surface area contributed by atoms with Crippen molar-refractivity contribution in [2.75, 3.05) is 0 Å². The minimum absolute atomic E-state index is 0.573. The van der Waals surface area contributed by atoms with Crippen LogP contribution in [0.4, 0.5) is 0 Å². The zero-order valence-corrected chi connectivity index (χ0v) is 13.0. The van der Waals surface area contributed by atoms with Gasteiger partial charge in [0.15, 0.2) is 0 Å². The number of thiophene rings is 2. The van der Waals surface area contributed by atoms with Gasteiger partial charge in [-0.2, -0.15) is 0 Å². The van der Waals surface area contributed by atoms with Crippen LogP contribution < -0.4 is 0 Å². The molecule has 5 heteroatoms. The highest BCUT2D eigenvalue weighted by Gasteiger charge is 2.16. The average molecular weight is 327 g/mol.